The van der Waals surface area contributed by atoms with Crippen LogP contribution in [0.25, 0.3) is 0 Å². The maximum Gasteiger partial charge on any atom is 0.306 e. The van der Waals surface area contributed by atoms with Gasteiger partial charge in [-0.3, -0.25) is 4.79 Å². The Bertz CT molecular complexity index is 584. The van der Waals surface area contributed by atoms with E-state index >= 15 is 0 Å². The van der Waals surface area contributed by atoms with Crippen LogP contribution in [0, 0.1) is 0 Å². The fourth-order valence-electron chi connectivity index (χ4n) is 3.59. The molecule has 1 aromatic rings. The topological polar surface area (TPSA) is 38.8 Å². The van der Waals surface area contributed by atoms with Gasteiger partial charge in [-0.2, -0.15) is 0 Å². The minimum Gasteiger partial charge on any atom is -0.469 e. The van der Waals surface area contributed by atoms with Gasteiger partial charge in [0.1, 0.15) is 5.60 Å². The van der Waals surface area contributed by atoms with Crippen molar-refractivity contribution < 1.29 is 23.0 Å². The quantitative estimate of drug-likeness (QED) is 0.627. The number of rotatable bonds is 5. The largest absolute Gasteiger partial charge is 0.469 e. The summed E-state index contributed by atoms with van der Waals surface area (Å²) in [6.45, 7) is 11.0. The van der Waals surface area contributed by atoms with Crippen molar-refractivity contribution in [1.29, 1.82) is 0 Å². The Morgan fingerprint density at radius 2 is 1.93 bits per heavy atom. The number of fused-ring (bicyclic) bond motifs is 2. The normalized spacial score (nSPS) is 17.9. The highest BCUT2D eigenvalue weighted by atomic mass is 32.1. The fourth-order valence-corrected chi connectivity index (χ4v) is 5.01. The number of halogens is 2. The van der Waals surface area contributed by atoms with Crippen molar-refractivity contribution in [2.75, 3.05) is 33.4 Å². The molecule has 3 heterocycles. The Morgan fingerprint density at radius 1 is 1.29 bits per heavy atom. The Balaban J connectivity index is 0.000000921. The third kappa shape index (κ3) is 6.49. The van der Waals surface area contributed by atoms with E-state index in [1.54, 1.807) is 0 Å². The van der Waals surface area contributed by atoms with E-state index in [0.29, 0.717) is 19.6 Å². The molecule has 0 aliphatic carbocycles. The lowest BCUT2D eigenvalue weighted by Crippen LogP contribution is -2.46. The molecular weight excluding hydrogens is 384 g/mol. The van der Waals surface area contributed by atoms with Crippen molar-refractivity contribution in [3.63, 3.8) is 0 Å². The average Bonchev–Trinajstić information content (AvgIpc) is 3.14. The first-order valence-corrected chi connectivity index (χ1v) is 11.2. The predicted octanol–water partition coefficient (Wildman–Crippen LogP) is 5.04. The van der Waals surface area contributed by atoms with E-state index in [9.17, 15) is 13.6 Å². The number of hydrogen-bond acceptors (Lipinski definition) is 5. The van der Waals surface area contributed by atoms with Crippen molar-refractivity contribution in [2.24, 2.45) is 0 Å². The maximum atomic E-state index is 12.7. The number of nitrogens with zero attached hydrogens (tertiary/aromatic N) is 1. The molecule has 3 rings (SSSR count). The van der Waals surface area contributed by atoms with Gasteiger partial charge in [-0.25, -0.2) is 8.78 Å². The predicted molar refractivity (Wildman–Crippen MR) is 110 cm³/mol. The van der Waals surface area contributed by atoms with E-state index in [0.717, 1.165) is 42.1 Å². The number of likely N-dealkylation sites (tertiary alicyclic amines) is 1. The van der Waals surface area contributed by atoms with E-state index in [4.69, 9.17) is 4.74 Å². The van der Waals surface area contributed by atoms with Crippen LogP contribution >= 0.6 is 11.3 Å². The Kier molecular flexibility index (Phi) is 11.2. The van der Waals surface area contributed by atoms with Gasteiger partial charge >= 0.3 is 5.97 Å². The first kappa shape index (κ1) is 25.0. The van der Waals surface area contributed by atoms with Gasteiger partial charge in [0.2, 0.25) is 6.43 Å². The lowest BCUT2D eigenvalue weighted by atomic mass is 9.85. The molecule has 0 saturated carbocycles. The number of ether oxygens (including phenoxy) is 2. The number of carbonyl (C=O) groups excluding carboxylic acids is 1. The summed E-state index contributed by atoms with van der Waals surface area (Å²) in [6, 6.07) is 1.94. The van der Waals surface area contributed by atoms with Crippen molar-refractivity contribution >= 4 is 17.3 Å². The summed E-state index contributed by atoms with van der Waals surface area (Å²) in [7, 11) is 1.40. The van der Waals surface area contributed by atoms with Gasteiger partial charge in [0.05, 0.1) is 20.1 Å². The zero-order chi connectivity index (χ0) is 21.2. The SMILES string of the molecule is CC.CC.COC(=O)CCN1CCC2(CC1)OCCc1cc(CC(F)F)sc12. The molecule has 1 saturated heterocycles. The van der Waals surface area contributed by atoms with Gasteiger partial charge in [-0.15, -0.1) is 11.3 Å². The molecule has 0 N–H and O–H groups in total. The summed E-state index contributed by atoms with van der Waals surface area (Å²) in [5.41, 5.74) is 0.866. The second-order valence-corrected chi connectivity index (χ2v) is 7.56. The van der Waals surface area contributed by atoms with Crippen molar-refractivity contribution in [1.82, 2.24) is 4.90 Å². The Hall–Kier alpha value is -1.05. The molecule has 162 valence electrons. The number of alkyl halides is 2. The summed E-state index contributed by atoms with van der Waals surface area (Å²) in [5.74, 6) is -0.193. The lowest BCUT2D eigenvalue weighted by Gasteiger charge is -2.43. The summed E-state index contributed by atoms with van der Waals surface area (Å²) >= 11 is 1.49. The number of esters is 1. The molecule has 2 aliphatic heterocycles. The number of thiophene rings is 1. The minimum atomic E-state index is -2.30. The highest BCUT2D eigenvalue weighted by Crippen LogP contribution is 2.45. The molecule has 2 aliphatic rings. The van der Waals surface area contributed by atoms with Crippen LogP contribution in [0.2, 0.25) is 0 Å². The molecule has 1 aromatic heterocycles. The van der Waals surface area contributed by atoms with E-state index in [1.807, 2.05) is 33.8 Å². The maximum absolute atomic E-state index is 12.7. The Labute approximate surface area is 172 Å². The van der Waals surface area contributed by atoms with Gasteiger partial charge in [-0.05, 0) is 30.9 Å². The molecule has 1 spiro atoms. The van der Waals surface area contributed by atoms with Crippen molar-refractivity contribution in [3.05, 3.63) is 21.4 Å². The zero-order valence-electron chi connectivity index (χ0n) is 17.9. The van der Waals surface area contributed by atoms with Gasteiger partial charge in [0.15, 0.2) is 0 Å². The van der Waals surface area contributed by atoms with Crippen LogP contribution in [-0.4, -0.2) is 50.6 Å². The summed E-state index contributed by atoms with van der Waals surface area (Å²) in [4.78, 5) is 15.4. The van der Waals surface area contributed by atoms with Gasteiger partial charge in [-0.1, -0.05) is 27.7 Å². The van der Waals surface area contributed by atoms with Crippen LogP contribution in [0.5, 0.6) is 0 Å². The molecule has 0 unspecified atom stereocenters. The highest BCUT2D eigenvalue weighted by Gasteiger charge is 2.42. The lowest BCUT2D eigenvalue weighted by molar-refractivity contribution is -0.141. The second kappa shape index (κ2) is 12.5. The van der Waals surface area contributed by atoms with Crippen LogP contribution in [0.15, 0.2) is 6.07 Å². The summed E-state index contributed by atoms with van der Waals surface area (Å²) in [5, 5.41) is 0. The summed E-state index contributed by atoms with van der Waals surface area (Å²) < 4.78 is 36.2. The van der Waals surface area contributed by atoms with Gasteiger partial charge in [0.25, 0.3) is 0 Å². The average molecular weight is 420 g/mol. The molecule has 0 radical (unpaired) electrons. The van der Waals surface area contributed by atoms with Crippen LogP contribution in [0.4, 0.5) is 8.78 Å². The summed E-state index contributed by atoms with van der Waals surface area (Å²) in [6.07, 6.45) is 0.419. The number of methoxy groups -OCH3 is 1. The molecule has 4 nitrogen and oxygen atoms in total. The zero-order valence-corrected chi connectivity index (χ0v) is 18.7. The van der Waals surface area contributed by atoms with Crippen molar-refractivity contribution in [3.8, 4) is 0 Å². The highest BCUT2D eigenvalue weighted by molar-refractivity contribution is 7.12. The first-order valence-electron chi connectivity index (χ1n) is 10.4. The number of carbonyl (C=O) groups is 1. The molecular formula is C21H35F2NO3S. The molecule has 0 bridgehead atoms. The standard InChI is InChI=1S/C17H23F2NO3S.2C2H6/c1-22-15(21)2-6-20-7-4-17(5-8-20)16-12(3-9-23-17)10-13(24-16)11-14(18)19;2*1-2/h10,14H,2-9,11H2,1H3;2*1-2H3. The molecule has 0 aromatic carbocycles. The van der Waals surface area contributed by atoms with Crippen LogP contribution < -0.4 is 0 Å². The van der Waals surface area contributed by atoms with E-state index in [1.165, 1.54) is 24.0 Å². The molecule has 0 amide bonds. The van der Waals surface area contributed by atoms with Gasteiger partial charge in [0, 0.05) is 35.8 Å². The third-order valence-corrected chi connectivity index (χ3v) is 6.29. The van der Waals surface area contributed by atoms with Crippen LogP contribution in [0.3, 0.4) is 0 Å². The van der Waals surface area contributed by atoms with Crippen LogP contribution in [-0.2, 0) is 32.7 Å². The molecule has 0 atom stereocenters. The molecule has 28 heavy (non-hydrogen) atoms. The van der Waals surface area contributed by atoms with Gasteiger partial charge < -0.3 is 14.4 Å². The van der Waals surface area contributed by atoms with Crippen molar-refractivity contribution in [2.45, 2.75) is 71.8 Å². The molecule has 1 fully saturated rings. The monoisotopic (exact) mass is 419 g/mol. The first-order chi connectivity index (χ1) is 13.5. The fraction of sp³-hybridized carbons (Fsp3) is 0.762. The third-order valence-electron chi connectivity index (χ3n) is 4.90. The van der Waals surface area contributed by atoms with E-state index < -0.39 is 6.43 Å². The smallest absolute Gasteiger partial charge is 0.306 e. The number of piperidine rings is 1. The molecule has 7 heteroatoms. The minimum absolute atomic E-state index is 0.168. The second-order valence-electron chi connectivity index (χ2n) is 6.42. The Morgan fingerprint density at radius 3 is 2.50 bits per heavy atom. The van der Waals surface area contributed by atoms with E-state index in [2.05, 4.69) is 9.64 Å². The van der Waals surface area contributed by atoms with Crippen LogP contribution in [0.1, 0.15) is 62.3 Å². The number of hydrogen-bond donors (Lipinski definition) is 0. The van der Waals surface area contributed by atoms with E-state index in [-0.39, 0.29) is 18.0 Å².